The molecule has 3 N–H and O–H groups in total. The van der Waals surface area contributed by atoms with Gasteiger partial charge in [0.15, 0.2) is 0 Å². The number of ether oxygens (including phenoxy) is 1. The summed E-state index contributed by atoms with van der Waals surface area (Å²) in [5.74, 6) is -0.362. The average Bonchev–Trinajstić information content (AvgIpc) is 2.69. The van der Waals surface area contributed by atoms with Crippen molar-refractivity contribution in [3.8, 4) is 0 Å². The number of nitrogen functional groups attached to an aromatic ring is 1. The molecule has 0 aromatic carbocycles. The summed E-state index contributed by atoms with van der Waals surface area (Å²) >= 11 is 0. The van der Waals surface area contributed by atoms with Gasteiger partial charge in [0.05, 0.1) is 6.10 Å². The number of aromatic nitrogens is 2. The lowest BCUT2D eigenvalue weighted by molar-refractivity contribution is 0.0754. The van der Waals surface area contributed by atoms with Crippen LogP contribution in [0.3, 0.4) is 0 Å². The van der Waals surface area contributed by atoms with Gasteiger partial charge in [-0.1, -0.05) is 0 Å². The molecule has 1 amide bonds. The van der Waals surface area contributed by atoms with E-state index in [9.17, 15) is 4.79 Å². The van der Waals surface area contributed by atoms with E-state index in [1.165, 1.54) is 0 Å². The molecule has 7 nitrogen and oxygen atoms in total. The number of nitrogens with zero attached hydrogens (tertiary/aromatic N) is 2. The van der Waals surface area contributed by atoms with Crippen molar-refractivity contribution in [2.24, 2.45) is 0 Å². The number of rotatable bonds is 7. The molecule has 0 aliphatic carbocycles. The van der Waals surface area contributed by atoms with Crippen molar-refractivity contribution < 1.29 is 14.2 Å². The summed E-state index contributed by atoms with van der Waals surface area (Å²) in [5.41, 5.74) is 5.41. The van der Waals surface area contributed by atoms with Gasteiger partial charge >= 0.3 is 0 Å². The van der Waals surface area contributed by atoms with Crippen LogP contribution in [0, 0.1) is 0 Å². The quantitative estimate of drug-likeness (QED) is 0.678. The maximum absolute atomic E-state index is 11.5. The highest BCUT2D eigenvalue weighted by molar-refractivity contribution is 5.95. The van der Waals surface area contributed by atoms with Gasteiger partial charge in [-0.25, -0.2) is 4.63 Å². The van der Waals surface area contributed by atoms with Crippen LogP contribution < -0.4 is 11.1 Å². The highest BCUT2D eigenvalue weighted by atomic mass is 16.6. The molecule has 0 saturated heterocycles. The molecule has 0 saturated carbocycles. The molecule has 1 rings (SSSR count). The smallest absolute Gasteiger partial charge is 0.277 e. The van der Waals surface area contributed by atoms with Gasteiger partial charge in [-0.3, -0.25) is 4.79 Å². The topological polar surface area (TPSA) is 103 Å². The number of anilines is 1. The summed E-state index contributed by atoms with van der Waals surface area (Å²) in [5, 5.41) is 9.41. The second-order valence-electron chi connectivity index (χ2n) is 3.88. The van der Waals surface area contributed by atoms with Crippen LogP contribution in [0.25, 0.3) is 0 Å². The fourth-order valence-corrected chi connectivity index (χ4v) is 1.18. The molecule has 0 unspecified atom stereocenters. The zero-order valence-corrected chi connectivity index (χ0v) is 10.1. The number of carbonyl (C=O) groups excluding carboxylic acids is 1. The zero-order chi connectivity index (χ0) is 12.7. The maximum atomic E-state index is 11.5. The van der Waals surface area contributed by atoms with E-state index in [1.807, 2.05) is 13.8 Å². The van der Waals surface area contributed by atoms with E-state index in [4.69, 9.17) is 10.5 Å². The van der Waals surface area contributed by atoms with Crippen molar-refractivity contribution in [1.82, 2.24) is 15.6 Å². The van der Waals surface area contributed by atoms with Gasteiger partial charge in [0.1, 0.15) is 0 Å². The van der Waals surface area contributed by atoms with Crippen molar-refractivity contribution in [1.29, 1.82) is 0 Å². The van der Waals surface area contributed by atoms with Crippen LogP contribution in [0.2, 0.25) is 0 Å². The van der Waals surface area contributed by atoms with Crippen LogP contribution >= 0.6 is 0 Å². The van der Waals surface area contributed by atoms with Crippen LogP contribution in [-0.4, -0.2) is 35.5 Å². The Kier molecular flexibility index (Phi) is 5.41. The van der Waals surface area contributed by atoms with Crippen LogP contribution in [0.1, 0.15) is 37.2 Å². The minimum atomic E-state index is -0.367. The molecule has 1 aromatic heterocycles. The van der Waals surface area contributed by atoms with E-state index in [0.717, 1.165) is 12.8 Å². The molecule has 1 heterocycles. The minimum Gasteiger partial charge on any atom is -0.379 e. The van der Waals surface area contributed by atoms with Crippen molar-refractivity contribution in [2.75, 3.05) is 18.9 Å². The highest BCUT2D eigenvalue weighted by Gasteiger charge is 2.14. The van der Waals surface area contributed by atoms with Crippen LogP contribution in [0.15, 0.2) is 4.63 Å². The third-order valence-electron chi connectivity index (χ3n) is 2.04. The highest BCUT2D eigenvalue weighted by Crippen LogP contribution is 2.03. The van der Waals surface area contributed by atoms with Gasteiger partial charge in [0.25, 0.3) is 5.91 Å². The summed E-state index contributed by atoms with van der Waals surface area (Å²) in [7, 11) is 0. The molecule has 1 aromatic rings. The predicted molar refractivity (Wildman–Crippen MR) is 61.4 cm³/mol. The molecular formula is C10H18N4O3. The molecule has 0 atom stereocenters. The molecule has 0 spiro atoms. The number of hydrogen-bond donors (Lipinski definition) is 2. The van der Waals surface area contributed by atoms with Crippen LogP contribution in [0.5, 0.6) is 0 Å². The monoisotopic (exact) mass is 242 g/mol. The first-order valence-electron chi connectivity index (χ1n) is 5.59. The van der Waals surface area contributed by atoms with Gasteiger partial charge in [0.2, 0.25) is 11.5 Å². The molecular weight excluding hydrogens is 224 g/mol. The summed E-state index contributed by atoms with van der Waals surface area (Å²) in [6, 6.07) is 0. The zero-order valence-electron chi connectivity index (χ0n) is 10.1. The van der Waals surface area contributed by atoms with Gasteiger partial charge < -0.3 is 15.8 Å². The fourth-order valence-electron chi connectivity index (χ4n) is 1.18. The Balaban J connectivity index is 2.11. The lowest BCUT2D eigenvalue weighted by atomic mass is 10.3. The maximum Gasteiger partial charge on any atom is 0.277 e. The number of amides is 1. The first-order valence-corrected chi connectivity index (χ1v) is 5.59. The van der Waals surface area contributed by atoms with Gasteiger partial charge in [-0.15, -0.1) is 0 Å². The van der Waals surface area contributed by atoms with Crippen molar-refractivity contribution >= 4 is 11.7 Å². The van der Waals surface area contributed by atoms with E-state index in [1.54, 1.807) is 0 Å². The van der Waals surface area contributed by atoms with E-state index in [2.05, 4.69) is 20.3 Å². The Morgan fingerprint density at radius 1 is 1.47 bits per heavy atom. The van der Waals surface area contributed by atoms with Gasteiger partial charge in [0, 0.05) is 13.2 Å². The Hall–Kier alpha value is -1.63. The fraction of sp³-hybridized carbons (Fsp3) is 0.700. The predicted octanol–water partition coefficient (Wildman–Crippen LogP) is 0.587. The molecule has 0 aliphatic heterocycles. The summed E-state index contributed by atoms with van der Waals surface area (Å²) < 4.78 is 9.70. The second kappa shape index (κ2) is 6.85. The Labute approximate surface area is 99.7 Å². The molecule has 96 valence electrons. The average molecular weight is 242 g/mol. The Bertz CT molecular complexity index is 351. The van der Waals surface area contributed by atoms with Crippen molar-refractivity contribution in [2.45, 2.75) is 32.8 Å². The van der Waals surface area contributed by atoms with E-state index >= 15 is 0 Å². The number of nitrogens with one attached hydrogen (secondary N) is 1. The summed E-state index contributed by atoms with van der Waals surface area (Å²) in [6.45, 7) is 5.22. The Morgan fingerprint density at radius 2 is 2.24 bits per heavy atom. The molecule has 0 aliphatic rings. The molecule has 7 heteroatoms. The summed E-state index contributed by atoms with van der Waals surface area (Å²) in [6.07, 6.45) is 1.97. The third-order valence-corrected chi connectivity index (χ3v) is 2.04. The van der Waals surface area contributed by atoms with Crippen molar-refractivity contribution in [3.63, 3.8) is 0 Å². The molecule has 0 fully saturated rings. The molecule has 0 bridgehead atoms. The van der Waals surface area contributed by atoms with Gasteiger partial charge in [-0.05, 0) is 37.0 Å². The van der Waals surface area contributed by atoms with Crippen molar-refractivity contribution in [3.05, 3.63) is 5.69 Å². The molecule has 17 heavy (non-hydrogen) atoms. The number of carbonyl (C=O) groups is 1. The SMILES string of the molecule is CC(C)OCCCCNC(=O)c1nonc1N. The first-order chi connectivity index (χ1) is 8.11. The lowest BCUT2D eigenvalue weighted by Crippen LogP contribution is -2.25. The number of unbranched alkanes of at least 4 members (excludes halogenated alkanes) is 1. The van der Waals surface area contributed by atoms with Gasteiger partial charge in [-0.2, -0.15) is 0 Å². The largest absolute Gasteiger partial charge is 0.379 e. The number of hydrogen-bond acceptors (Lipinski definition) is 6. The number of nitrogens with two attached hydrogens (primary N) is 1. The standard InChI is InChI=1S/C10H18N4O3/c1-7(2)16-6-4-3-5-12-10(15)8-9(11)14-17-13-8/h7H,3-6H2,1-2H3,(H2,11,14)(H,12,15). The second-order valence-corrected chi connectivity index (χ2v) is 3.88. The van der Waals surface area contributed by atoms with E-state index in [-0.39, 0.29) is 23.5 Å². The first kappa shape index (κ1) is 13.4. The summed E-state index contributed by atoms with van der Waals surface area (Å²) in [4.78, 5) is 11.5. The minimum absolute atomic E-state index is 0.00522. The lowest BCUT2D eigenvalue weighted by Gasteiger charge is -2.07. The third kappa shape index (κ3) is 4.81. The molecule has 0 radical (unpaired) electrons. The van der Waals surface area contributed by atoms with E-state index in [0.29, 0.717) is 13.2 Å². The van der Waals surface area contributed by atoms with E-state index < -0.39 is 0 Å². The Morgan fingerprint density at radius 3 is 2.82 bits per heavy atom. The van der Waals surface area contributed by atoms with Crippen LogP contribution in [0.4, 0.5) is 5.82 Å². The van der Waals surface area contributed by atoms with Crippen LogP contribution in [-0.2, 0) is 4.74 Å². The normalized spacial score (nSPS) is 10.8.